The van der Waals surface area contributed by atoms with Gasteiger partial charge in [0.15, 0.2) is 9.84 Å². The highest BCUT2D eigenvalue weighted by Crippen LogP contribution is 2.28. The van der Waals surface area contributed by atoms with Crippen molar-refractivity contribution >= 4 is 48.3 Å². The van der Waals surface area contributed by atoms with Crippen molar-refractivity contribution in [2.75, 3.05) is 5.32 Å². The van der Waals surface area contributed by atoms with E-state index in [4.69, 9.17) is 0 Å². The van der Waals surface area contributed by atoms with Gasteiger partial charge in [-0.3, -0.25) is 9.59 Å². The number of sulfonamides is 1. The maximum absolute atomic E-state index is 13.3. The summed E-state index contributed by atoms with van der Waals surface area (Å²) in [5.74, 6) is -1.31. The predicted molar refractivity (Wildman–Crippen MR) is 140 cm³/mol. The molecule has 1 aromatic heterocycles. The topological polar surface area (TPSA) is 131 Å². The van der Waals surface area contributed by atoms with Crippen LogP contribution in [0.15, 0.2) is 88.8 Å². The largest absolute Gasteiger partial charge is 0.337 e. The summed E-state index contributed by atoms with van der Waals surface area (Å²) in [6.07, 6.45) is 1.47. The van der Waals surface area contributed by atoms with Crippen molar-refractivity contribution in [2.45, 2.75) is 35.9 Å². The number of aromatic nitrogens is 1. The highest BCUT2D eigenvalue weighted by atomic mass is 32.2. The molecule has 4 rings (SSSR count). The molecule has 0 saturated heterocycles. The Morgan fingerprint density at radius 3 is 2.16 bits per heavy atom. The third kappa shape index (κ3) is 6.07. The Balaban J connectivity index is 1.55. The first-order valence-electron chi connectivity index (χ1n) is 11.2. The van der Waals surface area contributed by atoms with Gasteiger partial charge in [0.1, 0.15) is 6.54 Å². The van der Waals surface area contributed by atoms with Crippen LogP contribution in [0.2, 0.25) is 0 Å². The Hall–Kier alpha value is -3.96. The fourth-order valence-corrected chi connectivity index (χ4v) is 6.47. The van der Waals surface area contributed by atoms with E-state index in [1.54, 1.807) is 41.0 Å². The maximum Gasteiger partial charge on any atom is 0.264 e. The monoisotopic (exact) mass is 539 g/mol. The predicted octanol–water partition coefficient (Wildman–Crippen LogP) is 3.39. The SMILES string of the molecule is CC(=O)NS(=O)(=O)c1ccc(NC(=O)Cn2cc(S(=O)(=O)Cc3ccc(C)cc3)c3ccccc32)cc1. The fraction of sp³-hybridized carbons (Fsp3) is 0.154. The Labute approximate surface area is 215 Å². The van der Waals surface area contributed by atoms with Gasteiger partial charge in [-0.05, 0) is 42.8 Å². The number of para-hydroxylation sites is 1. The van der Waals surface area contributed by atoms with E-state index in [1.807, 2.05) is 23.8 Å². The second-order valence-electron chi connectivity index (χ2n) is 8.62. The molecule has 9 nitrogen and oxygen atoms in total. The number of fused-ring (bicyclic) bond motifs is 1. The second-order valence-corrected chi connectivity index (χ2v) is 12.3. The molecule has 0 spiro atoms. The van der Waals surface area contributed by atoms with Gasteiger partial charge < -0.3 is 9.88 Å². The summed E-state index contributed by atoms with van der Waals surface area (Å²) in [4.78, 5) is 23.9. The van der Waals surface area contributed by atoms with Gasteiger partial charge in [-0.15, -0.1) is 0 Å². The van der Waals surface area contributed by atoms with Crippen LogP contribution in [0.5, 0.6) is 0 Å². The van der Waals surface area contributed by atoms with Crippen LogP contribution in [0.1, 0.15) is 18.1 Å². The number of sulfone groups is 1. The number of benzene rings is 3. The maximum atomic E-state index is 13.3. The average molecular weight is 540 g/mol. The quantitative estimate of drug-likeness (QED) is 0.353. The number of aryl methyl sites for hydroxylation is 1. The van der Waals surface area contributed by atoms with E-state index in [-0.39, 0.29) is 22.1 Å². The molecule has 2 N–H and O–H groups in total. The number of nitrogens with one attached hydrogen (secondary N) is 2. The summed E-state index contributed by atoms with van der Waals surface area (Å²) < 4.78 is 54.2. The van der Waals surface area contributed by atoms with Crippen molar-refractivity contribution in [1.82, 2.24) is 9.29 Å². The molecule has 0 aliphatic rings. The third-order valence-electron chi connectivity index (χ3n) is 5.60. The lowest BCUT2D eigenvalue weighted by Gasteiger charge is -2.09. The number of carbonyl (C=O) groups is 2. The molecule has 4 aromatic rings. The van der Waals surface area contributed by atoms with Gasteiger partial charge in [-0.1, -0.05) is 48.0 Å². The van der Waals surface area contributed by atoms with Gasteiger partial charge in [-0.25, -0.2) is 21.6 Å². The molecule has 37 heavy (non-hydrogen) atoms. The summed E-state index contributed by atoms with van der Waals surface area (Å²) in [7, 11) is -7.68. The van der Waals surface area contributed by atoms with Gasteiger partial charge >= 0.3 is 0 Å². The van der Waals surface area contributed by atoms with E-state index in [0.717, 1.165) is 12.5 Å². The van der Waals surface area contributed by atoms with Crippen LogP contribution >= 0.6 is 0 Å². The molecule has 11 heteroatoms. The first-order valence-corrected chi connectivity index (χ1v) is 14.4. The number of nitrogens with zero attached hydrogens (tertiary/aromatic N) is 1. The van der Waals surface area contributed by atoms with E-state index >= 15 is 0 Å². The molecule has 0 bridgehead atoms. The summed E-state index contributed by atoms with van der Waals surface area (Å²) in [6, 6.07) is 19.6. The summed E-state index contributed by atoms with van der Waals surface area (Å²) in [5.41, 5.74) is 2.64. The van der Waals surface area contributed by atoms with Crippen LogP contribution < -0.4 is 10.0 Å². The summed E-state index contributed by atoms with van der Waals surface area (Å²) >= 11 is 0. The highest BCUT2D eigenvalue weighted by molar-refractivity contribution is 7.91. The van der Waals surface area contributed by atoms with Gasteiger partial charge in [0, 0.05) is 29.7 Å². The number of amides is 2. The smallest absolute Gasteiger partial charge is 0.264 e. The molecule has 192 valence electrons. The zero-order valence-electron chi connectivity index (χ0n) is 20.1. The van der Waals surface area contributed by atoms with E-state index in [0.29, 0.717) is 22.2 Å². The number of carbonyl (C=O) groups excluding carboxylic acids is 2. The first kappa shape index (κ1) is 26.1. The minimum Gasteiger partial charge on any atom is -0.337 e. The lowest BCUT2D eigenvalue weighted by atomic mass is 10.2. The van der Waals surface area contributed by atoms with Gasteiger partial charge in [-0.2, -0.15) is 0 Å². The molecule has 1 heterocycles. The van der Waals surface area contributed by atoms with Crippen LogP contribution in [0.3, 0.4) is 0 Å². The van der Waals surface area contributed by atoms with Crippen LogP contribution in [-0.2, 0) is 41.7 Å². The van der Waals surface area contributed by atoms with Crippen molar-refractivity contribution in [3.63, 3.8) is 0 Å². The number of hydrogen-bond acceptors (Lipinski definition) is 6. The van der Waals surface area contributed by atoms with E-state index in [1.165, 1.54) is 30.5 Å². The van der Waals surface area contributed by atoms with Gasteiger partial charge in [0.05, 0.1) is 15.5 Å². The molecule has 2 amide bonds. The molecule has 3 aromatic carbocycles. The van der Waals surface area contributed by atoms with Gasteiger partial charge in [0.25, 0.3) is 10.0 Å². The van der Waals surface area contributed by atoms with Crippen LogP contribution in [0, 0.1) is 6.92 Å². The van der Waals surface area contributed by atoms with Crippen LogP contribution in [0.25, 0.3) is 10.9 Å². The number of rotatable bonds is 8. The standard InChI is InChI=1S/C26H25N3O6S2/c1-18-7-9-20(10-8-18)17-36(32,33)25-15-29(24-6-4-3-5-23(24)25)16-26(31)27-21-11-13-22(14-12-21)37(34,35)28-19(2)30/h3-15H,16-17H2,1-2H3,(H,27,31)(H,28,30). The Bertz CT molecular complexity index is 1690. The molecule has 0 fully saturated rings. The van der Waals surface area contributed by atoms with Crippen molar-refractivity contribution < 1.29 is 26.4 Å². The third-order valence-corrected chi connectivity index (χ3v) is 8.76. The Morgan fingerprint density at radius 2 is 1.51 bits per heavy atom. The number of anilines is 1. The van der Waals surface area contributed by atoms with Crippen LogP contribution in [-0.4, -0.2) is 33.2 Å². The number of hydrogen-bond donors (Lipinski definition) is 2. The van der Waals surface area contributed by atoms with Crippen molar-refractivity contribution in [3.8, 4) is 0 Å². The minimum absolute atomic E-state index is 0.125. The van der Waals surface area contributed by atoms with E-state index < -0.39 is 31.7 Å². The molecule has 0 aliphatic carbocycles. The second kappa shape index (κ2) is 10.2. The summed E-state index contributed by atoms with van der Waals surface area (Å²) in [5, 5.41) is 3.20. The van der Waals surface area contributed by atoms with E-state index in [2.05, 4.69) is 5.32 Å². The molecule has 0 aliphatic heterocycles. The molecule has 0 atom stereocenters. The first-order chi connectivity index (χ1) is 17.4. The Kier molecular flexibility index (Phi) is 7.19. The lowest BCUT2D eigenvalue weighted by Crippen LogP contribution is -2.28. The lowest BCUT2D eigenvalue weighted by molar-refractivity contribution is -0.117. The fourth-order valence-electron chi connectivity index (χ4n) is 3.89. The highest BCUT2D eigenvalue weighted by Gasteiger charge is 2.22. The van der Waals surface area contributed by atoms with Crippen molar-refractivity contribution in [3.05, 3.63) is 90.1 Å². The van der Waals surface area contributed by atoms with Crippen LogP contribution in [0.4, 0.5) is 5.69 Å². The zero-order chi connectivity index (χ0) is 26.8. The minimum atomic E-state index is -3.99. The molecule has 0 unspecified atom stereocenters. The average Bonchev–Trinajstić information content (AvgIpc) is 3.19. The van der Waals surface area contributed by atoms with Gasteiger partial charge in [0.2, 0.25) is 11.8 Å². The molecular weight excluding hydrogens is 514 g/mol. The normalized spacial score (nSPS) is 11.8. The molecule has 0 saturated carbocycles. The molecule has 0 radical (unpaired) electrons. The van der Waals surface area contributed by atoms with Crippen molar-refractivity contribution in [2.24, 2.45) is 0 Å². The Morgan fingerprint density at radius 1 is 0.865 bits per heavy atom. The van der Waals surface area contributed by atoms with Crippen molar-refractivity contribution in [1.29, 1.82) is 0 Å². The molecular formula is C26H25N3O6S2. The zero-order valence-corrected chi connectivity index (χ0v) is 21.8. The summed E-state index contributed by atoms with van der Waals surface area (Å²) in [6.45, 7) is 2.86. The van der Waals surface area contributed by atoms with E-state index in [9.17, 15) is 26.4 Å².